The molecule has 1 fully saturated rings. The van der Waals surface area contributed by atoms with Crippen molar-refractivity contribution >= 4 is 11.6 Å². The first-order valence-electron chi connectivity index (χ1n) is 4.76. The Labute approximate surface area is 83.3 Å². The first-order valence-corrected chi connectivity index (χ1v) is 5.14. The molecule has 0 amide bonds. The van der Waals surface area contributed by atoms with Gasteiger partial charge in [0.05, 0.1) is 0 Å². The maximum Gasteiger partial charge on any atom is 0.193 e. The summed E-state index contributed by atoms with van der Waals surface area (Å²) in [6.45, 7) is 3.31. The highest BCUT2D eigenvalue weighted by molar-refractivity contribution is 6.28. The second-order valence-electron chi connectivity index (χ2n) is 3.63. The third-order valence-corrected chi connectivity index (χ3v) is 2.95. The van der Waals surface area contributed by atoms with E-state index in [0.29, 0.717) is 17.2 Å². The molecular weight excluding hydrogens is 186 g/mol. The van der Waals surface area contributed by atoms with E-state index in [0.717, 1.165) is 12.3 Å². The van der Waals surface area contributed by atoms with Gasteiger partial charge in [-0.15, -0.1) is 0 Å². The van der Waals surface area contributed by atoms with Crippen LogP contribution in [0.15, 0.2) is 16.5 Å². The van der Waals surface area contributed by atoms with Gasteiger partial charge in [0.15, 0.2) is 5.22 Å². The lowest BCUT2D eigenvalue weighted by Gasteiger charge is -2.16. The molecule has 1 aromatic rings. The van der Waals surface area contributed by atoms with Crippen LogP contribution in [0.2, 0.25) is 5.22 Å². The largest absolute Gasteiger partial charge is 0.449 e. The van der Waals surface area contributed by atoms with Gasteiger partial charge in [-0.3, -0.25) is 0 Å². The lowest BCUT2D eigenvalue weighted by atomic mass is 9.98. The first-order chi connectivity index (χ1) is 6.27. The Kier molecular flexibility index (Phi) is 2.61. The standard InChI is InChI=1S/C10H14ClNO/c1-7(8-3-2-6-12-8)9-4-5-10(11)13-9/h4-5,7-8,12H,2-3,6H2,1H3. The average Bonchev–Trinajstić information content (AvgIpc) is 2.72. The zero-order valence-corrected chi connectivity index (χ0v) is 8.47. The Morgan fingerprint density at radius 3 is 3.00 bits per heavy atom. The number of hydrogen-bond donors (Lipinski definition) is 1. The van der Waals surface area contributed by atoms with E-state index in [1.807, 2.05) is 12.1 Å². The van der Waals surface area contributed by atoms with E-state index >= 15 is 0 Å². The van der Waals surface area contributed by atoms with Crippen molar-refractivity contribution in [3.05, 3.63) is 23.1 Å². The van der Waals surface area contributed by atoms with Crippen LogP contribution in [0.4, 0.5) is 0 Å². The van der Waals surface area contributed by atoms with Crippen molar-refractivity contribution < 1.29 is 4.42 Å². The van der Waals surface area contributed by atoms with Gasteiger partial charge < -0.3 is 9.73 Å². The van der Waals surface area contributed by atoms with Crippen LogP contribution >= 0.6 is 11.6 Å². The number of rotatable bonds is 2. The maximum absolute atomic E-state index is 5.72. The van der Waals surface area contributed by atoms with Gasteiger partial charge in [-0.05, 0) is 43.1 Å². The van der Waals surface area contributed by atoms with Gasteiger partial charge in [0.1, 0.15) is 5.76 Å². The molecule has 2 rings (SSSR count). The van der Waals surface area contributed by atoms with Gasteiger partial charge >= 0.3 is 0 Å². The van der Waals surface area contributed by atoms with Crippen molar-refractivity contribution in [3.63, 3.8) is 0 Å². The minimum absolute atomic E-state index is 0.426. The van der Waals surface area contributed by atoms with Crippen LogP contribution in [-0.4, -0.2) is 12.6 Å². The summed E-state index contributed by atoms with van der Waals surface area (Å²) in [5, 5.41) is 3.95. The predicted molar refractivity (Wildman–Crippen MR) is 53.2 cm³/mol. The molecule has 2 heterocycles. The Morgan fingerprint density at radius 2 is 2.46 bits per heavy atom. The van der Waals surface area contributed by atoms with Crippen molar-refractivity contribution in [1.82, 2.24) is 5.32 Å². The SMILES string of the molecule is CC(c1ccc(Cl)o1)C1CCCN1. The molecule has 0 spiro atoms. The molecule has 0 aromatic carbocycles. The summed E-state index contributed by atoms with van der Waals surface area (Å²) < 4.78 is 5.38. The second-order valence-corrected chi connectivity index (χ2v) is 4.01. The number of halogens is 1. The van der Waals surface area contributed by atoms with Crippen molar-refractivity contribution in [2.24, 2.45) is 0 Å². The number of furan rings is 1. The minimum Gasteiger partial charge on any atom is -0.449 e. The van der Waals surface area contributed by atoms with E-state index in [9.17, 15) is 0 Å². The fourth-order valence-corrected chi connectivity index (χ4v) is 2.06. The lowest BCUT2D eigenvalue weighted by Crippen LogP contribution is -2.26. The van der Waals surface area contributed by atoms with Gasteiger partial charge in [-0.2, -0.15) is 0 Å². The third-order valence-electron chi connectivity index (χ3n) is 2.74. The van der Waals surface area contributed by atoms with Gasteiger partial charge in [0, 0.05) is 12.0 Å². The van der Waals surface area contributed by atoms with Crippen LogP contribution < -0.4 is 5.32 Å². The zero-order valence-electron chi connectivity index (χ0n) is 7.72. The fourth-order valence-electron chi connectivity index (χ4n) is 1.91. The molecule has 0 aliphatic carbocycles. The quantitative estimate of drug-likeness (QED) is 0.793. The fraction of sp³-hybridized carbons (Fsp3) is 0.600. The van der Waals surface area contributed by atoms with E-state index in [1.165, 1.54) is 12.8 Å². The molecule has 0 bridgehead atoms. The normalized spacial score (nSPS) is 24.9. The first kappa shape index (κ1) is 9.10. The summed E-state index contributed by atoms with van der Waals surface area (Å²) in [7, 11) is 0. The van der Waals surface area contributed by atoms with E-state index in [4.69, 9.17) is 16.0 Å². The molecule has 13 heavy (non-hydrogen) atoms. The molecule has 3 heteroatoms. The summed E-state index contributed by atoms with van der Waals surface area (Å²) in [6, 6.07) is 4.33. The van der Waals surface area contributed by atoms with E-state index in [1.54, 1.807) is 0 Å². The summed E-state index contributed by atoms with van der Waals surface area (Å²) in [5.74, 6) is 1.42. The molecule has 1 aliphatic rings. The van der Waals surface area contributed by atoms with Crippen LogP contribution in [0.5, 0.6) is 0 Å². The van der Waals surface area contributed by atoms with E-state index in [2.05, 4.69) is 12.2 Å². The molecule has 72 valence electrons. The zero-order chi connectivity index (χ0) is 9.26. The Bertz CT molecular complexity index is 278. The highest BCUT2D eigenvalue weighted by Crippen LogP contribution is 2.27. The highest BCUT2D eigenvalue weighted by atomic mass is 35.5. The van der Waals surface area contributed by atoms with Gasteiger partial charge in [-0.1, -0.05) is 6.92 Å². The average molecular weight is 200 g/mol. The molecule has 1 saturated heterocycles. The summed E-state index contributed by atoms with van der Waals surface area (Å²) >= 11 is 5.72. The van der Waals surface area contributed by atoms with Crippen molar-refractivity contribution in [3.8, 4) is 0 Å². The van der Waals surface area contributed by atoms with Gasteiger partial charge in [-0.25, -0.2) is 0 Å². The van der Waals surface area contributed by atoms with Crippen molar-refractivity contribution in [2.75, 3.05) is 6.54 Å². The molecule has 0 radical (unpaired) electrons. The monoisotopic (exact) mass is 199 g/mol. The van der Waals surface area contributed by atoms with Crippen LogP contribution in [0, 0.1) is 0 Å². The van der Waals surface area contributed by atoms with Gasteiger partial charge in [0.25, 0.3) is 0 Å². The third kappa shape index (κ3) is 1.89. The second kappa shape index (κ2) is 3.72. The predicted octanol–water partition coefficient (Wildman–Crippen LogP) is 2.79. The Hall–Kier alpha value is -0.470. The number of nitrogens with one attached hydrogen (secondary N) is 1. The van der Waals surface area contributed by atoms with Crippen LogP contribution in [0.3, 0.4) is 0 Å². The lowest BCUT2D eigenvalue weighted by molar-refractivity contribution is 0.416. The topological polar surface area (TPSA) is 25.2 Å². The van der Waals surface area contributed by atoms with Gasteiger partial charge in [0.2, 0.25) is 0 Å². The van der Waals surface area contributed by atoms with Crippen LogP contribution in [-0.2, 0) is 0 Å². The molecular formula is C10H14ClNO. The highest BCUT2D eigenvalue weighted by Gasteiger charge is 2.24. The summed E-state index contributed by atoms with van der Waals surface area (Å²) in [6.07, 6.45) is 2.50. The smallest absolute Gasteiger partial charge is 0.193 e. The van der Waals surface area contributed by atoms with Crippen LogP contribution in [0.25, 0.3) is 0 Å². The van der Waals surface area contributed by atoms with Crippen molar-refractivity contribution in [1.29, 1.82) is 0 Å². The number of hydrogen-bond acceptors (Lipinski definition) is 2. The molecule has 1 aromatic heterocycles. The molecule has 2 unspecified atom stereocenters. The minimum atomic E-state index is 0.426. The Morgan fingerprint density at radius 1 is 1.62 bits per heavy atom. The maximum atomic E-state index is 5.72. The van der Waals surface area contributed by atoms with Crippen LogP contribution in [0.1, 0.15) is 31.4 Å². The molecule has 2 atom stereocenters. The van der Waals surface area contributed by atoms with Crippen molar-refractivity contribution in [2.45, 2.75) is 31.7 Å². The molecule has 1 N–H and O–H groups in total. The summed E-state index contributed by atoms with van der Waals surface area (Å²) in [5.41, 5.74) is 0. The van der Waals surface area contributed by atoms with E-state index in [-0.39, 0.29) is 0 Å². The molecule has 0 saturated carbocycles. The van der Waals surface area contributed by atoms with E-state index < -0.39 is 0 Å². The summed E-state index contributed by atoms with van der Waals surface area (Å²) in [4.78, 5) is 0. The molecule has 2 nitrogen and oxygen atoms in total. The molecule has 1 aliphatic heterocycles. The Balaban J connectivity index is 2.07.